The van der Waals surface area contributed by atoms with E-state index < -0.39 is 0 Å². The van der Waals surface area contributed by atoms with Crippen molar-refractivity contribution >= 4 is 44.7 Å². The molecular weight excluding hydrogens is 523 g/mol. The number of hydrogen-bond acceptors (Lipinski definition) is 5. The predicted octanol–water partition coefficient (Wildman–Crippen LogP) is 7.22. The number of benzene rings is 2. The molecule has 3 N–H and O–H groups in total. The maximum absolute atomic E-state index is 13.7. The molecule has 7 aromatic rings. The molecule has 40 heavy (non-hydrogen) atoms. The summed E-state index contributed by atoms with van der Waals surface area (Å²) in [4.78, 5) is 25.5. The molecule has 2 aromatic carbocycles. The Hall–Kier alpha value is -5.15. The summed E-state index contributed by atoms with van der Waals surface area (Å²) in [6, 6.07) is 22.8. The molecule has 5 heterocycles. The molecule has 0 bridgehead atoms. The van der Waals surface area contributed by atoms with Crippen LogP contribution in [0.25, 0.3) is 54.8 Å². The van der Waals surface area contributed by atoms with Gasteiger partial charge in [0.1, 0.15) is 5.69 Å². The molecule has 0 radical (unpaired) electrons. The Morgan fingerprint density at radius 2 is 1.73 bits per heavy atom. The quantitative estimate of drug-likeness (QED) is 0.206. The van der Waals surface area contributed by atoms with Gasteiger partial charge in [-0.3, -0.25) is 19.9 Å². The van der Waals surface area contributed by atoms with E-state index in [1.165, 1.54) is 6.07 Å². The molecule has 7 nitrogen and oxygen atoms in total. The Balaban J connectivity index is 1.21. The SMILES string of the molecule is O=C(Cc1ccccc1)Nc1cncc(-c2ccc3[nH]nc(-c4cc5c(-c6ccc(F)s6)cncc5[nH]4)c3c2)c1. The second-order valence-corrected chi connectivity index (χ2v) is 10.5. The predicted molar refractivity (Wildman–Crippen MR) is 156 cm³/mol. The minimum absolute atomic E-state index is 0.101. The van der Waals surface area contributed by atoms with Crippen molar-refractivity contribution in [2.75, 3.05) is 5.32 Å². The fraction of sp³-hybridized carbons (Fsp3) is 0.0323. The molecule has 1 amide bonds. The minimum atomic E-state index is -0.233. The number of halogens is 1. The van der Waals surface area contributed by atoms with E-state index in [0.29, 0.717) is 12.1 Å². The Kier molecular flexibility index (Phi) is 5.90. The Bertz CT molecular complexity index is 2010. The number of rotatable bonds is 6. The molecule has 0 atom stereocenters. The number of fused-ring (bicyclic) bond motifs is 2. The number of aromatic amines is 2. The van der Waals surface area contributed by atoms with Gasteiger partial charge in [-0.1, -0.05) is 36.4 Å². The first-order valence-electron chi connectivity index (χ1n) is 12.6. The van der Waals surface area contributed by atoms with Crippen molar-refractivity contribution in [1.82, 2.24) is 25.1 Å². The highest BCUT2D eigenvalue weighted by Crippen LogP contribution is 2.36. The van der Waals surface area contributed by atoms with E-state index in [0.717, 1.165) is 71.7 Å². The van der Waals surface area contributed by atoms with E-state index in [1.54, 1.807) is 30.9 Å². The van der Waals surface area contributed by atoms with Crippen LogP contribution in [0.1, 0.15) is 5.56 Å². The number of amides is 1. The lowest BCUT2D eigenvalue weighted by Crippen LogP contribution is -2.14. The van der Waals surface area contributed by atoms with Crippen LogP contribution in [0.3, 0.4) is 0 Å². The standard InChI is InChI=1S/C31H21FN6OS/c32-29-9-8-28(40-29)24-16-34-17-27-22(24)13-26(36-27)31-23-12-19(6-7-25(23)37-38-31)20-11-21(15-33-14-20)35-30(39)10-18-4-2-1-3-5-18/h1-9,11-17,36H,10H2,(H,35,39)(H,37,38). The number of carbonyl (C=O) groups is 1. The van der Waals surface area contributed by atoms with Gasteiger partial charge in [0, 0.05) is 39.2 Å². The third kappa shape index (κ3) is 4.52. The Morgan fingerprint density at radius 1 is 0.850 bits per heavy atom. The third-order valence-electron chi connectivity index (χ3n) is 6.77. The molecule has 0 fully saturated rings. The lowest BCUT2D eigenvalue weighted by Gasteiger charge is -2.08. The number of pyridine rings is 2. The van der Waals surface area contributed by atoms with Crippen LogP contribution in [0, 0.1) is 5.13 Å². The van der Waals surface area contributed by atoms with Crippen LogP contribution in [0.2, 0.25) is 0 Å². The van der Waals surface area contributed by atoms with Gasteiger partial charge in [0.25, 0.3) is 0 Å². The summed E-state index contributed by atoms with van der Waals surface area (Å²) in [7, 11) is 0. The lowest BCUT2D eigenvalue weighted by atomic mass is 10.0. The van der Waals surface area contributed by atoms with Gasteiger partial charge in [0.2, 0.25) is 5.91 Å². The largest absolute Gasteiger partial charge is 0.352 e. The van der Waals surface area contributed by atoms with Crippen LogP contribution in [0.5, 0.6) is 0 Å². The highest BCUT2D eigenvalue weighted by atomic mass is 32.1. The van der Waals surface area contributed by atoms with Crippen molar-refractivity contribution in [2.24, 2.45) is 0 Å². The second kappa shape index (κ2) is 9.87. The Morgan fingerprint density at radius 3 is 2.58 bits per heavy atom. The van der Waals surface area contributed by atoms with Crippen molar-refractivity contribution in [1.29, 1.82) is 0 Å². The van der Waals surface area contributed by atoms with Crippen LogP contribution in [0.15, 0.2) is 97.6 Å². The van der Waals surface area contributed by atoms with Gasteiger partial charge in [-0.15, -0.1) is 11.3 Å². The number of nitrogens with one attached hydrogen (secondary N) is 3. The molecule has 0 saturated carbocycles. The molecule has 0 aliphatic rings. The molecular formula is C31H21FN6OS. The van der Waals surface area contributed by atoms with Crippen LogP contribution in [0.4, 0.5) is 10.1 Å². The number of H-pyrrole nitrogens is 2. The number of hydrogen-bond donors (Lipinski definition) is 3. The molecule has 7 rings (SSSR count). The van der Waals surface area contributed by atoms with Gasteiger partial charge in [-0.25, -0.2) is 0 Å². The fourth-order valence-corrected chi connectivity index (χ4v) is 5.64. The van der Waals surface area contributed by atoms with E-state index in [9.17, 15) is 9.18 Å². The first-order valence-corrected chi connectivity index (χ1v) is 13.4. The van der Waals surface area contributed by atoms with E-state index in [4.69, 9.17) is 0 Å². The van der Waals surface area contributed by atoms with Gasteiger partial charge in [0.15, 0.2) is 5.13 Å². The van der Waals surface area contributed by atoms with E-state index in [1.807, 2.05) is 54.6 Å². The van der Waals surface area contributed by atoms with Crippen molar-refractivity contribution in [3.63, 3.8) is 0 Å². The zero-order chi connectivity index (χ0) is 27.1. The van der Waals surface area contributed by atoms with Crippen LogP contribution in [-0.4, -0.2) is 31.1 Å². The summed E-state index contributed by atoms with van der Waals surface area (Å²) in [6.07, 6.45) is 7.22. The smallest absolute Gasteiger partial charge is 0.228 e. The van der Waals surface area contributed by atoms with E-state index in [-0.39, 0.29) is 11.0 Å². The maximum Gasteiger partial charge on any atom is 0.228 e. The molecule has 0 unspecified atom stereocenters. The van der Waals surface area contributed by atoms with Gasteiger partial charge in [0.05, 0.1) is 41.2 Å². The van der Waals surface area contributed by atoms with Crippen molar-refractivity contribution in [3.8, 4) is 33.0 Å². The fourth-order valence-electron chi connectivity index (χ4n) is 4.89. The molecule has 0 spiro atoms. The number of thiophene rings is 1. The molecule has 0 aliphatic carbocycles. The zero-order valence-corrected chi connectivity index (χ0v) is 21.8. The van der Waals surface area contributed by atoms with Crippen molar-refractivity contribution < 1.29 is 9.18 Å². The summed E-state index contributed by atoms with van der Waals surface area (Å²) in [5.41, 5.74) is 7.57. The monoisotopic (exact) mass is 544 g/mol. The maximum atomic E-state index is 13.7. The second-order valence-electron chi connectivity index (χ2n) is 9.44. The van der Waals surface area contributed by atoms with E-state index >= 15 is 0 Å². The lowest BCUT2D eigenvalue weighted by molar-refractivity contribution is -0.115. The summed E-state index contributed by atoms with van der Waals surface area (Å²) < 4.78 is 13.7. The number of carbonyl (C=O) groups excluding carboxylic acids is 1. The van der Waals surface area contributed by atoms with Gasteiger partial charge in [-0.2, -0.15) is 9.49 Å². The normalized spacial score (nSPS) is 11.3. The first kappa shape index (κ1) is 23.9. The van der Waals surface area contributed by atoms with Crippen LogP contribution >= 0.6 is 11.3 Å². The van der Waals surface area contributed by atoms with Gasteiger partial charge in [-0.05, 0) is 47.5 Å². The highest BCUT2D eigenvalue weighted by molar-refractivity contribution is 7.14. The van der Waals surface area contributed by atoms with Crippen LogP contribution < -0.4 is 5.32 Å². The van der Waals surface area contributed by atoms with E-state index in [2.05, 4.69) is 36.5 Å². The average Bonchev–Trinajstić information content (AvgIpc) is 3.71. The Labute approximate surface area is 231 Å². The summed E-state index contributed by atoms with van der Waals surface area (Å²) >= 11 is 1.09. The summed E-state index contributed by atoms with van der Waals surface area (Å²) in [6.45, 7) is 0. The molecule has 0 saturated heterocycles. The molecule has 5 aromatic heterocycles. The molecule has 9 heteroatoms. The van der Waals surface area contributed by atoms with Crippen molar-refractivity contribution in [2.45, 2.75) is 6.42 Å². The summed E-state index contributed by atoms with van der Waals surface area (Å²) in [5.74, 6) is -0.101. The average molecular weight is 545 g/mol. The first-order chi connectivity index (χ1) is 19.6. The number of aromatic nitrogens is 5. The number of nitrogens with zero attached hydrogens (tertiary/aromatic N) is 3. The number of anilines is 1. The van der Waals surface area contributed by atoms with Crippen LogP contribution in [-0.2, 0) is 11.2 Å². The zero-order valence-electron chi connectivity index (χ0n) is 21.0. The highest BCUT2D eigenvalue weighted by Gasteiger charge is 2.16. The topological polar surface area (TPSA) is 99.3 Å². The third-order valence-corrected chi connectivity index (χ3v) is 7.67. The summed E-state index contributed by atoms with van der Waals surface area (Å²) in [5, 5.41) is 12.3. The molecule has 194 valence electrons. The van der Waals surface area contributed by atoms with Gasteiger partial charge >= 0.3 is 0 Å². The molecule has 0 aliphatic heterocycles. The van der Waals surface area contributed by atoms with Gasteiger partial charge < -0.3 is 10.3 Å². The van der Waals surface area contributed by atoms with Crippen molar-refractivity contribution in [3.05, 3.63) is 108 Å². The minimum Gasteiger partial charge on any atom is -0.352 e.